The normalized spacial score (nSPS) is 11.1. The Labute approximate surface area is 127 Å². The number of hydrogen-bond donors (Lipinski definition) is 0. The van der Waals surface area contributed by atoms with Gasteiger partial charge < -0.3 is 14.2 Å². The summed E-state index contributed by atoms with van der Waals surface area (Å²) in [5.41, 5.74) is 0.651. The van der Waals surface area contributed by atoms with E-state index >= 15 is 0 Å². The number of methoxy groups -OCH3 is 1. The first kappa shape index (κ1) is 16.5. The van der Waals surface area contributed by atoms with Gasteiger partial charge in [0.15, 0.2) is 5.90 Å². The number of benzene rings is 1. The number of nitrogens with zero attached hydrogens (tertiary/aromatic N) is 1. The summed E-state index contributed by atoms with van der Waals surface area (Å²) in [6.45, 7) is 4.37. The molecule has 1 rings (SSSR count). The maximum absolute atomic E-state index is 11.5. The van der Waals surface area contributed by atoms with Crippen molar-refractivity contribution >= 4 is 33.5 Å². The number of halogens is 1. The summed E-state index contributed by atoms with van der Waals surface area (Å²) in [6.07, 6.45) is 0.0139. The maximum atomic E-state index is 11.5. The van der Waals surface area contributed by atoms with Crippen molar-refractivity contribution in [3.8, 4) is 5.75 Å². The molecular formula is C14H18BrNO4. The van der Waals surface area contributed by atoms with Crippen LogP contribution in [0.25, 0.3) is 0 Å². The van der Waals surface area contributed by atoms with Gasteiger partial charge in [-0.3, -0.25) is 4.79 Å². The molecule has 6 heteroatoms. The first-order chi connectivity index (χ1) is 9.60. The third-order valence-electron chi connectivity index (χ3n) is 2.30. The van der Waals surface area contributed by atoms with Crippen LogP contribution in [0.2, 0.25) is 0 Å². The highest BCUT2D eigenvalue weighted by Gasteiger charge is 2.10. The Morgan fingerprint density at radius 2 is 1.95 bits per heavy atom. The Morgan fingerprint density at radius 3 is 2.55 bits per heavy atom. The van der Waals surface area contributed by atoms with E-state index in [1.807, 2.05) is 13.0 Å². The molecule has 0 aromatic heterocycles. The van der Waals surface area contributed by atoms with Crippen LogP contribution in [0.4, 0.5) is 5.69 Å². The van der Waals surface area contributed by atoms with Crippen molar-refractivity contribution in [2.24, 2.45) is 4.99 Å². The Kier molecular flexibility index (Phi) is 7.08. The Hall–Kier alpha value is -1.56. The molecule has 0 radical (unpaired) electrons. The molecular weight excluding hydrogens is 326 g/mol. The first-order valence-corrected chi connectivity index (χ1v) is 7.09. The van der Waals surface area contributed by atoms with E-state index in [4.69, 9.17) is 14.2 Å². The van der Waals surface area contributed by atoms with Crippen molar-refractivity contribution in [1.82, 2.24) is 0 Å². The van der Waals surface area contributed by atoms with Crippen LogP contribution in [0.15, 0.2) is 27.7 Å². The summed E-state index contributed by atoms with van der Waals surface area (Å²) in [6, 6.07) is 5.39. The van der Waals surface area contributed by atoms with E-state index in [-0.39, 0.29) is 12.4 Å². The molecule has 1 aromatic carbocycles. The quantitative estimate of drug-likeness (QED) is 0.450. The average Bonchev–Trinajstić information content (AvgIpc) is 2.41. The predicted octanol–water partition coefficient (Wildman–Crippen LogP) is 3.48. The molecule has 0 aliphatic carbocycles. The molecule has 0 amide bonds. The summed E-state index contributed by atoms with van der Waals surface area (Å²) in [5, 5.41) is 0. The van der Waals surface area contributed by atoms with Gasteiger partial charge in [0.2, 0.25) is 0 Å². The summed E-state index contributed by atoms with van der Waals surface area (Å²) >= 11 is 3.37. The molecule has 0 aliphatic rings. The zero-order valence-electron chi connectivity index (χ0n) is 11.8. The monoisotopic (exact) mass is 343 g/mol. The molecule has 110 valence electrons. The fourth-order valence-corrected chi connectivity index (χ4v) is 1.90. The second kappa shape index (κ2) is 8.58. The second-order valence-corrected chi connectivity index (χ2v) is 4.59. The molecule has 20 heavy (non-hydrogen) atoms. The third kappa shape index (κ3) is 5.21. The molecule has 0 saturated carbocycles. The van der Waals surface area contributed by atoms with Crippen LogP contribution in [0, 0.1) is 0 Å². The average molecular weight is 344 g/mol. The smallest absolute Gasteiger partial charge is 0.315 e. The second-order valence-electron chi connectivity index (χ2n) is 3.74. The van der Waals surface area contributed by atoms with E-state index < -0.39 is 0 Å². The van der Waals surface area contributed by atoms with E-state index in [1.54, 1.807) is 26.2 Å². The summed E-state index contributed by atoms with van der Waals surface area (Å²) in [7, 11) is 1.58. The van der Waals surface area contributed by atoms with Gasteiger partial charge in [-0.05, 0) is 41.9 Å². The molecule has 1 aromatic rings. The van der Waals surface area contributed by atoms with E-state index in [2.05, 4.69) is 20.9 Å². The minimum absolute atomic E-state index is 0.0139. The van der Waals surface area contributed by atoms with Crippen molar-refractivity contribution in [1.29, 1.82) is 0 Å². The highest BCUT2D eigenvalue weighted by atomic mass is 79.9. The van der Waals surface area contributed by atoms with Gasteiger partial charge in [-0.1, -0.05) is 0 Å². The van der Waals surface area contributed by atoms with Crippen molar-refractivity contribution < 1.29 is 19.0 Å². The van der Waals surface area contributed by atoms with Crippen LogP contribution in [0.1, 0.15) is 20.3 Å². The zero-order chi connectivity index (χ0) is 15.0. The lowest BCUT2D eigenvalue weighted by molar-refractivity contribution is -0.141. The molecule has 0 spiro atoms. The SMILES string of the molecule is CCOC(=O)CC(=Nc1ccc(Br)c(OC)c1)OCC. The van der Waals surface area contributed by atoms with Gasteiger partial charge in [-0.15, -0.1) is 0 Å². The van der Waals surface area contributed by atoms with E-state index in [1.165, 1.54) is 0 Å². The number of carbonyl (C=O) groups is 1. The van der Waals surface area contributed by atoms with Crippen LogP contribution < -0.4 is 4.74 Å². The van der Waals surface area contributed by atoms with Gasteiger partial charge in [-0.2, -0.15) is 0 Å². The van der Waals surface area contributed by atoms with Gasteiger partial charge in [-0.25, -0.2) is 4.99 Å². The lowest BCUT2D eigenvalue weighted by atomic mass is 10.3. The largest absolute Gasteiger partial charge is 0.495 e. The molecule has 0 saturated heterocycles. The Balaban J connectivity index is 2.92. The first-order valence-electron chi connectivity index (χ1n) is 6.30. The number of carbonyl (C=O) groups excluding carboxylic acids is 1. The number of esters is 1. The van der Waals surface area contributed by atoms with Gasteiger partial charge in [0.25, 0.3) is 0 Å². The molecule has 0 aliphatic heterocycles. The Morgan fingerprint density at radius 1 is 1.25 bits per heavy atom. The molecule has 0 unspecified atom stereocenters. The van der Waals surface area contributed by atoms with E-state index in [0.29, 0.717) is 30.5 Å². The van der Waals surface area contributed by atoms with Crippen LogP contribution >= 0.6 is 15.9 Å². The van der Waals surface area contributed by atoms with Gasteiger partial charge >= 0.3 is 5.97 Å². The molecule has 5 nitrogen and oxygen atoms in total. The van der Waals surface area contributed by atoms with Gasteiger partial charge in [0.05, 0.1) is 30.5 Å². The maximum Gasteiger partial charge on any atom is 0.315 e. The lowest BCUT2D eigenvalue weighted by Gasteiger charge is -2.08. The molecule has 0 N–H and O–H groups in total. The van der Waals surface area contributed by atoms with Crippen LogP contribution in [0.5, 0.6) is 5.75 Å². The van der Waals surface area contributed by atoms with Crippen molar-refractivity contribution in [3.05, 3.63) is 22.7 Å². The molecule has 0 heterocycles. The standard InChI is InChI=1S/C14H18BrNO4/c1-4-19-13(9-14(17)20-5-2)16-10-6-7-11(15)12(8-10)18-3/h6-8H,4-5,9H2,1-3H3. The van der Waals surface area contributed by atoms with Crippen LogP contribution in [0.3, 0.4) is 0 Å². The molecule has 0 bridgehead atoms. The highest BCUT2D eigenvalue weighted by molar-refractivity contribution is 9.10. The summed E-state index contributed by atoms with van der Waals surface area (Å²) in [4.78, 5) is 15.8. The number of rotatable bonds is 6. The summed E-state index contributed by atoms with van der Waals surface area (Å²) < 4.78 is 16.3. The Bertz CT molecular complexity index is 488. The van der Waals surface area contributed by atoms with Gasteiger partial charge in [0, 0.05) is 6.07 Å². The number of aliphatic imine (C=N–C) groups is 1. The number of hydrogen-bond acceptors (Lipinski definition) is 5. The zero-order valence-corrected chi connectivity index (χ0v) is 13.4. The minimum atomic E-state index is -0.358. The predicted molar refractivity (Wildman–Crippen MR) is 80.7 cm³/mol. The van der Waals surface area contributed by atoms with E-state index in [9.17, 15) is 4.79 Å². The van der Waals surface area contributed by atoms with Crippen LogP contribution in [-0.2, 0) is 14.3 Å². The molecule has 0 fully saturated rings. The van der Waals surface area contributed by atoms with Crippen LogP contribution in [-0.4, -0.2) is 32.2 Å². The fraction of sp³-hybridized carbons (Fsp3) is 0.429. The lowest BCUT2D eigenvalue weighted by Crippen LogP contribution is -2.14. The van der Waals surface area contributed by atoms with E-state index in [0.717, 1.165) is 4.47 Å². The topological polar surface area (TPSA) is 57.1 Å². The van der Waals surface area contributed by atoms with Crippen molar-refractivity contribution in [3.63, 3.8) is 0 Å². The van der Waals surface area contributed by atoms with Crippen molar-refractivity contribution in [2.45, 2.75) is 20.3 Å². The minimum Gasteiger partial charge on any atom is -0.495 e. The van der Waals surface area contributed by atoms with Crippen molar-refractivity contribution in [2.75, 3.05) is 20.3 Å². The fourth-order valence-electron chi connectivity index (χ4n) is 1.49. The summed E-state index contributed by atoms with van der Waals surface area (Å²) in [5.74, 6) is 0.636. The third-order valence-corrected chi connectivity index (χ3v) is 2.96. The highest BCUT2D eigenvalue weighted by Crippen LogP contribution is 2.29. The number of ether oxygens (including phenoxy) is 3. The molecule has 0 atom stereocenters. The van der Waals surface area contributed by atoms with Gasteiger partial charge in [0.1, 0.15) is 12.2 Å².